The van der Waals surface area contributed by atoms with Crippen LogP contribution in [-0.4, -0.2) is 10.2 Å². The molecule has 0 bridgehead atoms. The van der Waals surface area contributed by atoms with E-state index in [1.165, 1.54) is 0 Å². The lowest BCUT2D eigenvalue weighted by Crippen LogP contribution is -1.94. The summed E-state index contributed by atoms with van der Waals surface area (Å²) in [7, 11) is 0. The standard InChI is InChI=1S/C14H10ClN3O/c15-9-5-6-11(16)13(7-9)19-14-8-17-18-12-4-2-1-3-10(12)14/h1-8H,16H2. The zero-order chi connectivity index (χ0) is 13.2. The van der Waals surface area contributed by atoms with Crippen molar-refractivity contribution in [1.82, 2.24) is 10.2 Å². The second-order valence-electron chi connectivity index (χ2n) is 4.01. The minimum atomic E-state index is 0.505. The summed E-state index contributed by atoms with van der Waals surface area (Å²) >= 11 is 5.94. The fourth-order valence-electron chi connectivity index (χ4n) is 1.78. The molecule has 0 fully saturated rings. The van der Waals surface area contributed by atoms with Crippen molar-refractivity contribution in [2.75, 3.05) is 5.73 Å². The molecular weight excluding hydrogens is 262 g/mol. The number of aromatic nitrogens is 2. The molecule has 1 aromatic heterocycles. The van der Waals surface area contributed by atoms with Crippen LogP contribution < -0.4 is 10.5 Å². The number of nitrogens with two attached hydrogens (primary N) is 1. The predicted octanol–water partition coefficient (Wildman–Crippen LogP) is 3.66. The fourth-order valence-corrected chi connectivity index (χ4v) is 1.94. The zero-order valence-electron chi connectivity index (χ0n) is 9.88. The van der Waals surface area contributed by atoms with Crippen LogP contribution in [0.4, 0.5) is 5.69 Å². The van der Waals surface area contributed by atoms with Crippen LogP contribution in [0.25, 0.3) is 10.9 Å². The first-order chi connectivity index (χ1) is 9.24. The lowest BCUT2D eigenvalue weighted by Gasteiger charge is -2.10. The Morgan fingerprint density at radius 1 is 1.05 bits per heavy atom. The summed E-state index contributed by atoms with van der Waals surface area (Å²) in [5.74, 6) is 1.10. The SMILES string of the molecule is Nc1ccc(Cl)cc1Oc1cnnc2ccccc12. The number of halogens is 1. The van der Waals surface area contributed by atoms with E-state index in [1.807, 2.05) is 24.3 Å². The van der Waals surface area contributed by atoms with Gasteiger partial charge in [-0.2, -0.15) is 10.2 Å². The Hall–Kier alpha value is -2.33. The van der Waals surface area contributed by atoms with Crippen molar-refractivity contribution in [3.8, 4) is 11.5 Å². The highest BCUT2D eigenvalue weighted by atomic mass is 35.5. The third kappa shape index (κ3) is 2.30. The number of rotatable bonds is 2. The molecule has 2 aromatic carbocycles. The molecule has 0 unspecified atom stereocenters. The second kappa shape index (κ2) is 4.74. The number of anilines is 1. The zero-order valence-corrected chi connectivity index (χ0v) is 10.6. The Balaban J connectivity index is 2.08. The summed E-state index contributed by atoms with van der Waals surface area (Å²) in [5.41, 5.74) is 7.14. The van der Waals surface area contributed by atoms with Gasteiger partial charge in [0.25, 0.3) is 0 Å². The van der Waals surface area contributed by atoms with Gasteiger partial charge in [-0.15, -0.1) is 0 Å². The molecule has 1 heterocycles. The molecule has 0 aliphatic carbocycles. The van der Waals surface area contributed by atoms with Crippen LogP contribution >= 0.6 is 11.6 Å². The highest BCUT2D eigenvalue weighted by Gasteiger charge is 2.07. The molecule has 3 rings (SSSR count). The Morgan fingerprint density at radius 3 is 2.79 bits per heavy atom. The van der Waals surface area contributed by atoms with Crippen LogP contribution in [0.2, 0.25) is 5.02 Å². The van der Waals surface area contributed by atoms with E-state index in [1.54, 1.807) is 24.4 Å². The number of nitrogens with zero attached hydrogens (tertiary/aromatic N) is 2. The third-order valence-electron chi connectivity index (χ3n) is 2.71. The molecule has 5 heteroatoms. The fraction of sp³-hybridized carbons (Fsp3) is 0. The molecule has 0 atom stereocenters. The number of fused-ring (bicyclic) bond motifs is 1. The second-order valence-corrected chi connectivity index (χ2v) is 4.45. The maximum absolute atomic E-state index is 5.94. The minimum absolute atomic E-state index is 0.505. The van der Waals surface area contributed by atoms with Gasteiger partial charge in [-0.05, 0) is 24.3 Å². The highest BCUT2D eigenvalue weighted by molar-refractivity contribution is 6.30. The molecule has 0 aliphatic rings. The van der Waals surface area contributed by atoms with E-state index >= 15 is 0 Å². The van der Waals surface area contributed by atoms with Crippen molar-refractivity contribution in [2.24, 2.45) is 0 Å². The molecule has 4 nitrogen and oxygen atoms in total. The first-order valence-electron chi connectivity index (χ1n) is 5.67. The van der Waals surface area contributed by atoms with E-state index < -0.39 is 0 Å². The number of ether oxygens (including phenoxy) is 1. The van der Waals surface area contributed by atoms with Crippen molar-refractivity contribution < 1.29 is 4.74 Å². The van der Waals surface area contributed by atoms with E-state index in [9.17, 15) is 0 Å². The number of nitrogen functional groups attached to an aromatic ring is 1. The lowest BCUT2D eigenvalue weighted by atomic mass is 10.2. The van der Waals surface area contributed by atoms with Gasteiger partial charge in [-0.1, -0.05) is 23.7 Å². The largest absolute Gasteiger partial charge is 0.453 e. The van der Waals surface area contributed by atoms with Gasteiger partial charge in [0.05, 0.1) is 17.4 Å². The summed E-state index contributed by atoms with van der Waals surface area (Å²) in [6.07, 6.45) is 1.56. The smallest absolute Gasteiger partial charge is 0.157 e. The minimum Gasteiger partial charge on any atom is -0.453 e. The van der Waals surface area contributed by atoms with Crippen molar-refractivity contribution in [1.29, 1.82) is 0 Å². The number of hydrogen-bond acceptors (Lipinski definition) is 4. The molecule has 94 valence electrons. The van der Waals surface area contributed by atoms with Crippen molar-refractivity contribution in [2.45, 2.75) is 0 Å². The van der Waals surface area contributed by atoms with Crippen molar-refractivity contribution in [3.63, 3.8) is 0 Å². The van der Waals surface area contributed by atoms with E-state index in [4.69, 9.17) is 22.1 Å². The first-order valence-corrected chi connectivity index (χ1v) is 6.05. The molecule has 0 spiro atoms. The van der Waals surface area contributed by atoms with Gasteiger partial charge >= 0.3 is 0 Å². The Bertz CT molecular complexity index is 740. The van der Waals surface area contributed by atoms with Crippen LogP contribution in [0.3, 0.4) is 0 Å². The summed E-state index contributed by atoms with van der Waals surface area (Å²) in [6, 6.07) is 12.7. The van der Waals surface area contributed by atoms with E-state index in [-0.39, 0.29) is 0 Å². The predicted molar refractivity (Wildman–Crippen MR) is 75.5 cm³/mol. The van der Waals surface area contributed by atoms with Crippen LogP contribution in [0.1, 0.15) is 0 Å². The molecule has 3 aromatic rings. The van der Waals surface area contributed by atoms with Gasteiger partial charge in [0.2, 0.25) is 0 Å². The summed E-state index contributed by atoms with van der Waals surface area (Å²) in [6.45, 7) is 0. The van der Waals surface area contributed by atoms with Gasteiger partial charge in [-0.3, -0.25) is 0 Å². The van der Waals surface area contributed by atoms with Gasteiger partial charge in [0.15, 0.2) is 11.5 Å². The van der Waals surface area contributed by atoms with Crippen molar-refractivity contribution >= 4 is 28.2 Å². The first kappa shape index (κ1) is 11.7. The van der Waals surface area contributed by atoms with Crippen LogP contribution in [0.15, 0.2) is 48.7 Å². The lowest BCUT2D eigenvalue weighted by molar-refractivity contribution is 0.487. The Labute approximate surface area is 114 Å². The van der Waals surface area contributed by atoms with Crippen LogP contribution in [0.5, 0.6) is 11.5 Å². The highest BCUT2D eigenvalue weighted by Crippen LogP contribution is 2.32. The number of benzene rings is 2. The van der Waals surface area contributed by atoms with E-state index in [0.717, 1.165) is 10.9 Å². The van der Waals surface area contributed by atoms with Crippen molar-refractivity contribution in [3.05, 3.63) is 53.7 Å². The molecular formula is C14H10ClN3O. The van der Waals surface area contributed by atoms with Crippen LogP contribution in [0, 0.1) is 0 Å². The topological polar surface area (TPSA) is 61.0 Å². The van der Waals surface area contributed by atoms with Crippen LogP contribution in [-0.2, 0) is 0 Å². The molecule has 0 saturated heterocycles. The maximum atomic E-state index is 5.94. The Kier molecular flexibility index (Phi) is 2.93. The summed E-state index contributed by atoms with van der Waals surface area (Å²) < 4.78 is 5.79. The number of hydrogen-bond donors (Lipinski definition) is 1. The quantitative estimate of drug-likeness (QED) is 0.723. The van der Waals surface area contributed by atoms with E-state index in [0.29, 0.717) is 22.2 Å². The maximum Gasteiger partial charge on any atom is 0.157 e. The third-order valence-corrected chi connectivity index (χ3v) is 2.94. The summed E-state index contributed by atoms with van der Waals surface area (Å²) in [5, 5.41) is 9.39. The Morgan fingerprint density at radius 2 is 1.89 bits per heavy atom. The summed E-state index contributed by atoms with van der Waals surface area (Å²) in [4.78, 5) is 0. The molecule has 0 radical (unpaired) electrons. The molecule has 2 N–H and O–H groups in total. The average Bonchev–Trinajstić information content (AvgIpc) is 2.43. The average molecular weight is 272 g/mol. The molecule has 0 aliphatic heterocycles. The van der Waals surface area contributed by atoms with Gasteiger partial charge in [0, 0.05) is 16.5 Å². The van der Waals surface area contributed by atoms with Gasteiger partial charge in [-0.25, -0.2) is 0 Å². The van der Waals surface area contributed by atoms with Gasteiger partial charge in [0.1, 0.15) is 0 Å². The molecule has 0 saturated carbocycles. The monoisotopic (exact) mass is 271 g/mol. The van der Waals surface area contributed by atoms with Gasteiger partial charge < -0.3 is 10.5 Å². The normalized spacial score (nSPS) is 10.6. The molecule has 19 heavy (non-hydrogen) atoms. The molecule has 0 amide bonds. The van der Waals surface area contributed by atoms with E-state index in [2.05, 4.69) is 10.2 Å².